The topological polar surface area (TPSA) is 52.3 Å². The Hall–Kier alpha value is -1.06. The summed E-state index contributed by atoms with van der Waals surface area (Å²) in [5, 5.41) is 0.610. The number of nitrogens with two attached hydrogens (primary N) is 1. The Morgan fingerprint density at radius 2 is 2.22 bits per heavy atom. The van der Waals surface area contributed by atoms with Gasteiger partial charge in [0.25, 0.3) is 0 Å². The van der Waals surface area contributed by atoms with Crippen molar-refractivity contribution in [2.75, 3.05) is 13.7 Å². The summed E-state index contributed by atoms with van der Waals surface area (Å²) >= 11 is 5.94. The number of halogens is 1. The molecule has 1 atom stereocenters. The molecule has 0 aliphatic rings. The number of carbonyl (C=O) groups is 1. The van der Waals surface area contributed by atoms with Crippen LogP contribution in [0.5, 0.6) is 5.75 Å². The third kappa shape index (κ3) is 4.00. The van der Waals surface area contributed by atoms with Gasteiger partial charge < -0.3 is 10.5 Å². The first-order valence-corrected chi connectivity index (χ1v) is 6.55. The third-order valence-electron chi connectivity index (χ3n) is 2.98. The lowest BCUT2D eigenvalue weighted by molar-refractivity contribution is -0.122. The maximum atomic E-state index is 12.1. The normalized spacial score (nSPS) is 12.2. The summed E-state index contributed by atoms with van der Waals surface area (Å²) < 4.78 is 5.23. The van der Waals surface area contributed by atoms with Crippen LogP contribution >= 0.6 is 11.6 Å². The molecule has 18 heavy (non-hydrogen) atoms. The molecule has 0 saturated heterocycles. The molecule has 0 fully saturated rings. The molecular weight excluding hydrogens is 250 g/mol. The van der Waals surface area contributed by atoms with Crippen molar-refractivity contribution < 1.29 is 9.53 Å². The van der Waals surface area contributed by atoms with E-state index in [-0.39, 0.29) is 11.7 Å². The summed E-state index contributed by atoms with van der Waals surface area (Å²) in [5.41, 5.74) is 6.46. The first-order valence-electron chi connectivity index (χ1n) is 6.17. The first-order chi connectivity index (χ1) is 8.62. The Bertz CT molecular complexity index is 407. The van der Waals surface area contributed by atoms with E-state index in [1.807, 2.05) is 0 Å². The fourth-order valence-electron chi connectivity index (χ4n) is 1.98. The lowest BCUT2D eigenvalue weighted by Crippen LogP contribution is -2.25. The lowest BCUT2D eigenvalue weighted by atomic mass is 9.94. The van der Waals surface area contributed by atoms with Crippen molar-refractivity contribution >= 4 is 17.4 Å². The Morgan fingerprint density at radius 3 is 2.78 bits per heavy atom. The number of rotatable bonds is 7. The van der Waals surface area contributed by atoms with E-state index >= 15 is 0 Å². The van der Waals surface area contributed by atoms with Crippen molar-refractivity contribution in [2.45, 2.75) is 26.2 Å². The Morgan fingerprint density at radius 1 is 1.50 bits per heavy atom. The summed E-state index contributed by atoms with van der Waals surface area (Å²) in [6.45, 7) is 2.45. The van der Waals surface area contributed by atoms with Crippen molar-refractivity contribution in [3.8, 4) is 5.75 Å². The molecule has 1 aromatic rings. The van der Waals surface area contributed by atoms with Gasteiger partial charge in [-0.3, -0.25) is 4.79 Å². The molecule has 0 radical (unpaired) electrons. The fraction of sp³-hybridized carbons (Fsp3) is 0.500. The SMILES string of the molecule is CCCC(CN)C(=O)Cc1cc(Cl)ccc1OC. The summed E-state index contributed by atoms with van der Waals surface area (Å²) in [6, 6.07) is 5.31. The summed E-state index contributed by atoms with van der Waals surface area (Å²) in [4.78, 5) is 12.1. The molecule has 0 bridgehead atoms. The van der Waals surface area contributed by atoms with Crippen LogP contribution in [-0.2, 0) is 11.2 Å². The molecule has 100 valence electrons. The van der Waals surface area contributed by atoms with E-state index in [2.05, 4.69) is 6.92 Å². The van der Waals surface area contributed by atoms with Crippen molar-refractivity contribution in [1.29, 1.82) is 0 Å². The van der Waals surface area contributed by atoms with Crippen molar-refractivity contribution in [3.63, 3.8) is 0 Å². The van der Waals surface area contributed by atoms with Crippen LogP contribution in [-0.4, -0.2) is 19.4 Å². The highest BCUT2D eigenvalue weighted by Crippen LogP contribution is 2.24. The zero-order valence-corrected chi connectivity index (χ0v) is 11.7. The van der Waals surface area contributed by atoms with Crippen molar-refractivity contribution in [1.82, 2.24) is 0 Å². The molecule has 0 heterocycles. The second-order valence-electron chi connectivity index (χ2n) is 4.32. The molecule has 0 aliphatic carbocycles. The van der Waals surface area contributed by atoms with Crippen LogP contribution in [0, 0.1) is 5.92 Å². The van der Waals surface area contributed by atoms with Crippen LogP contribution in [0.25, 0.3) is 0 Å². The quantitative estimate of drug-likeness (QED) is 0.828. The Labute approximate surface area is 113 Å². The molecule has 1 unspecified atom stereocenters. The van der Waals surface area contributed by atoms with Gasteiger partial charge >= 0.3 is 0 Å². The van der Waals surface area contributed by atoms with Crippen LogP contribution < -0.4 is 10.5 Å². The molecule has 0 amide bonds. The average molecular weight is 270 g/mol. The van der Waals surface area contributed by atoms with E-state index < -0.39 is 0 Å². The minimum absolute atomic E-state index is 0.0707. The van der Waals surface area contributed by atoms with Crippen LogP contribution in [0.3, 0.4) is 0 Å². The third-order valence-corrected chi connectivity index (χ3v) is 3.22. The largest absolute Gasteiger partial charge is 0.496 e. The summed E-state index contributed by atoms with van der Waals surface area (Å²) in [6.07, 6.45) is 2.12. The van der Waals surface area contributed by atoms with Crippen molar-refractivity contribution in [2.24, 2.45) is 11.7 Å². The van der Waals surface area contributed by atoms with Gasteiger partial charge in [0.2, 0.25) is 0 Å². The maximum absolute atomic E-state index is 12.1. The van der Waals surface area contributed by atoms with Gasteiger partial charge in [-0.2, -0.15) is 0 Å². The van der Waals surface area contributed by atoms with Crippen LogP contribution in [0.4, 0.5) is 0 Å². The zero-order valence-electron chi connectivity index (χ0n) is 10.9. The van der Waals surface area contributed by atoms with Gasteiger partial charge in [0.15, 0.2) is 0 Å². The average Bonchev–Trinajstić information content (AvgIpc) is 2.36. The van der Waals surface area contributed by atoms with E-state index in [9.17, 15) is 4.79 Å². The number of Topliss-reactive ketones (excluding diaryl/α,β-unsaturated/α-hetero) is 1. The van der Waals surface area contributed by atoms with Gasteiger partial charge in [-0.25, -0.2) is 0 Å². The van der Waals surface area contributed by atoms with E-state index in [1.54, 1.807) is 25.3 Å². The Kier molecular flexibility index (Phi) is 6.16. The number of hydrogen-bond acceptors (Lipinski definition) is 3. The number of carbonyl (C=O) groups excluding carboxylic acids is 1. The minimum Gasteiger partial charge on any atom is -0.496 e. The van der Waals surface area contributed by atoms with E-state index in [0.29, 0.717) is 23.7 Å². The van der Waals surface area contributed by atoms with Crippen LogP contribution in [0.2, 0.25) is 5.02 Å². The minimum atomic E-state index is -0.0707. The molecule has 0 saturated carbocycles. The van der Waals surface area contributed by atoms with Crippen LogP contribution in [0.1, 0.15) is 25.3 Å². The van der Waals surface area contributed by atoms with Gasteiger partial charge in [-0.05, 0) is 24.6 Å². The molecule has 4 heteroatoms. The fourth-order valence-corrected chi connectivity index (χ4v) is 2.17. The number of ketones is 1. The van der Waals surface area contributed by atoms with Crippen molar-refractivity contribution in [3.05, 3.63) is 28.8 Å². The first kappa shape index (κ1) is 15.0. The standard InChI is InChI=1S/C14H20ClNO2/c1-3-4-10(9-16)13(17)8-11-7-12(15)5-6-14(11)18-2/h5-7,10H,3-4,8-9,16H2,1-2H3. The molecule has 1 aromatic carbocycles. The number of benzene rings is 1. The highest BCUT2D eigenvalue weighted by molar-refractivity contribution is 6.30. The van der Waals surface area contributed by atoms with E-state index in [4.69, 9.17) is 22.1 Å². The van der Waals surface area contributed by atoms with Gasteiger partial charge in [0, 0.05) is 29.5 Å². The molecule has 0 aromatic heterocycles. The molecule has 3 nitrogen and oxygen atoms in total. The predicted octanol–water partition coefficient (Wildman–Crippen LogP) is 2.84. The second kappa shape index (κ2) is 7.39. The van der Waals surface area contributed by atoms with Gasteiger partial charge in [0.1, 0.15) is 11.5 Å². The lowest BCUT2D eigenvalue weighted by Gasteiger charge is -2.14. The zero-order chi connectivity index (χ0) is 13.5. The number of methoxy groups -OCH3 is 1. The highest BCUT2D eigenvalue weighted by Gasteiger charge is 2.18. The predicted molar refractivity (Wildman–Crippen MR) is 74.2 cm³/mol. The van der Waals surface area contributed by atoms with Gasteiger partial charge in [-0.1, -0.05) is 24.9 Å². The van der Waals surface area contributed by atoms with E-state index in [1.165, 1.54) is 0 Å². The monoisotopic (exact) mass is 269 g/mol. The van der Waals surface area contributed by atoms with E-state index in [0.717, 1.165) is 18.4 Å². The molecule has 0 spiro atoms. The Balaban J connectivity index is 2.82. The number of ether oxygens (including phenoxy) is 1. The molecule has 0 aliphatic heterocycles. The molecular formula is C14H20ClNO2. The van der Waals surface area contributed by atoms with Crippen LogP contribution in [0.15, 0.2) is 18.2 Å². The highest BCUT2D eigenvalue weighted by atomic mass is 35.5. The maximum Gasteiger partial charge on any atom is 0.141 e. The summed E-state index contributed by atoms with van der Waals surface area (Å²) in [5.74, 6) is 0.777. The molecule has 1 rings (SSSR count). The number of hydrogen-bond donors (Lipinski definition) is 1. The molecule has 2 N–H and O–H groups in total. The summed E-state index contributed by atoms with van der Waals surface area (Å²) in [7, 11) is 1.59. The second-order valence-corrected chi connectivity index (χ2v) is 4.76. The smallest absolute Gasteiger partial charge is 0.141 e. The van der Waals surface area contributed by atoms with Gasteiger partial charge in [0.05, 0.1) is 7.11 Å². The van der Waals surface area contributed by atoms with Gasteiger partial charge in [-0.15, -0.1) is 0 Å².